The fourth-order valence-corrected chi connectivity index (χ4v) is 1.36. The first-order chi connectivity index (χ1) is 6.11. The zero-order chi connectivity index (χ0) is 9.84. The lowest BCUT2D eigenvalue weighted by Gasteiger charge is -2.33. The molecule has 1 N–H and O–H groups in total. The van der Waals surface area contributed by atoms with E-state index in [1.165, 1.54) is 0 Å². The quantitative estimate of drug-likeness (QED) is 0.659. The van der Waals surface area contributed by atoms with Crippen LogP contribution in [0.4, 0.5) is 4.79 Å². The summed E-state index contributed by atoms with van der Waals surface area (Å²) in [6, 6.07) is 0.404. The van der Waals surface area contributed by atoms with Crippen molar-refractivity contribution in [3.05, 3.63) is 0 Å². The van der Waals surface area contributed by atoms with Gasteiger partial charge >= 0.3 is 6.03 Å². The topological polar surface area (TPSA) is 41.6 Å². The first kappa shape index (κ1) is 10.3. The molecule has 1 aliphatic rings. The minimum Gasteiger partial charge on any atom is -0.377 e. The molecular weight excluding hydrogens is 168 g/mol. The van der Waals surface area contributed by atoms with E-state index < -0.39 is 0 Å². The Balaban J connectivity index is 2.44. The predicted octanol–water partition coefficient (Wildman–Crippen LogP) is 0.825. The van der Waals surface area contributed by atoms with Crippen molar-refractivity contribution in [3.63, 3.8) is 0 Å². The number of urea groups is 1. The molecule has 1 atom stereocenters. The van der Waals surface area contributed by atoms with Crippen molar-refractivity contribution < 1.29 is 9.53 Å². The molecule has 1 saturated heterocycles. The summed E-state index contributed by atoms with van der Waals surface area (Å²) in [6.45, 7) is 7.91. The molecule has 0 saturated carbocycles. The number of nitrogens with zero attached hydrogens (tertiary/aromatic N) is 1. The highest BCUT2D eigenvalue weighted by atomic mass is 16.5. The molecule has 76 valence electrons. The summed E-state index contributed by atoms with van der Waals surface area (Å²) >= 11 is 0. The maximum absolute atomic E-state index is 11.6. The molecule has 1 heterocycles. The number of morpholine rings is 1. The second kappa shape index (κ2) is 4.46. The highest BCUT2D eigenvalue weighted by molar-refractivity contribution is 5.74. The van der Waals surface area contributed by atoms with Gasteiger partial charge in [-0.3, -0.25) is 0 Å². The van der Waals surface area contributed by atoms with Crippen molar-refractivity contribution in [2.24, 2.45) is 0 Å². The number of hydrogen-bond acceptors (Lipinski definition) is 2. The maximum Gasteiger partial charge on any atom is 0.317 e. The fourth-order valence-electron chi connectivity index (χ4n) is 1.36. The Bertz CT molecular complexity index is 182. The largest absolute Gasteiger partial charge is 0.377 e. The molecule has 1 fully saturated rings. The molecule has 0 radical (unpaired) electrons. The summed E-state index contributed by atoms with van der Waals surface area (Å²) in [5.74, 6) is 0. The van der Waals surface area contributed by atoms with E-state index in [4.69, 9.17) is 4.74 Å². The molecule has 0 aromatic carbocycles. The van der Waals surface area contributed by atoms with Gasteiger partial charge in [0.05, 0.1) is 19.3 Å². The van der Waals surface area contributed by atoms with Crippen molar-refractivity contribution in [1.29, 1.82) is 0 Å². The van der Waals surface area contributed by atoms with Crippen LogP contribution in [0.15, 0.2) is 0 Å². The number of ether oxygens (including phenoxy) is 1. The molecule has 1 unspecified atom stereocenters. The Morgan fingerprint density at radius 1 is 1.62 bits per heavy atom. The molecule has 0 aromatic heterocycles. The first-order valence-electron chi connectivity index (χ1n) is 4.76. The number of carbonyl (C=O) groups excluding carboxylic acids is 1. The number of amides is 2. The second-order valence-electron chi connectivity index (χ2n) is 3.72. The van der Waals surface area contributed by atoms with Crippen molar-refractivity contribution in [2.75, 3.05) is 19.8 Å². The van der Waals surface area contributed by atoms with Gasteiger partial charge in [0.1, 0.15) is 0 Å². The molecular formula is C9H18N2O2. The van der Waals surface area contributed by atoms with Gasteiger partial charge in [-0.2, -0.15) is 0 Å². The summed E-state index contributed by atoms with van der Waals surface area (Å²) < 4.78 is 5.25. The van der Waals surface area contributed by atoms with E-state index in [1.807, 2.05) is 25.7 Å². The van der Waals surface area contributed by atoms with Crippen LogP contribution in [0.2, 0.25) is 0 Å². The van der Waals surface area contributed by atoms with Gasteiger partial charge < -0.3 is 15.0 Å². The van der Waals surface area contributed by atoms with E-state index >= 15 is 0 Å². The zero-order valence-electron chi connectivity index (χ0n) is 8.54. The van der Waals surface area contributed by atoms with Crippen LogP contribution in [0.25, 0.3) is 0 Å². The zero-order valence-corrected chi connectivity index (χ0v) is 8.54. The van der Waals surface area contributed by atoms with E-state index in [-0.39, 0.29) is 18.1 Å². The summed E-state index contributed by atoms with van der Waals surface area (Å²) in [5.41, 5.74) is 0. The molecule has 0 bridgehead atoms. The number of rotatable bonds is 1. The molecule has 0 spiro atoms. The van der Waals surface area contributed by atoms with Gasteiger partial charge in [-0.15, -0.1) is 0 Å². The third kappa shape index (κ3) is 2.88. The van der Waals surface area contributed by atoms with Crippen LogP contribution >= 0.6 is 0 Å². The van der Waals surface area contributed by atoms with Gasteiger partial charge in [0.25, 0.3) is 0 Å². The van der Waals surface area contributed by atoms with Gasteiger partial charge in [-0.25, -0.2) is 4.79 Å². The van der Waals surface area contributed by atoms with E-state index in [0.717, 1.165) is 0 Å². The predicted molar refractivity (Wildman–Crippen MR) is 50.7 cm³/mol. The van der Waals surface area contributed by atoms with Crippen molar-refractivity contribution in [2.45, 2.75) is 32.9 Å². The lowest BCUT2D eigenvalue weighted by atomic mass is 10.3. The van der Waals surface area contributed by atoms with E-state index in [2.05, 4.69) is 5.32 Å². The SMILES string of the molecule is CC(C)NC(=O)N1CCOCC1C. The molecule has 4 nitrogen and oxygen atoms in total. The Hall–Kier alpha value is -0.770. The normalized spacial score (nSPS) is 23.4. The Morgan fingerprint density at radius 2 is 2.31 bits per heavy atom. The number of hydrogen-bond donors (Lipinski definition) is 1. The van der Waals surface area contributed by atoms with Crippen LogP contribution in [0, 0.1) is 0 Å². The summed E-state index contributed by atoms with van der Waals surface area (Å²) in [6.07, 6.45) is 0. The van der Waals surface area contributed by atoms with Gasteiger partial charge in [-0.05, 0) is 20.8 Å². The number of carbonyl (C=O) groups is 1. The van der Waals surface area contributed by atoms with Crippen molar-refractivity contribution >= 4 is 6.03 Å². The van der Waals surface area contributed by atoms with Crippen molar-refractivity contribution in [1.82, 2.24) is 10.2 Å². The Morgan fingerprint density at radius 3 is 2.85 bits per heavy atom. The standard InChI is InChI=1S/C9H18N2O2/c1-7(2)10-9(12)11-4-5-13-6-8(11)3/h7-8H,4-6H2,1-3H3,(H,10,12). The first-order valence-corrected chi connectivity index (χ1v) is 4.76. The fraction of sp³-hybridized carbons (Fsp3) is 0.889. The summed E-state index contributed by atoms with van der Waals surface area (Å²) in [7, 11) is 0. The van der Waals surface area contributed by atoms with Crippen LogP contribution in [-0.2, 0) is 4.74 Å². The van der Waals surface area contributed by atoms with Gasteiger partial charge in [0, 0.05) is 12.6 Å². The second-order valence-corrected chi connectivity index (χ2v) is 3.72. The molecule has 4 heteroatoms. The van der Waals surface area contributed by atoms with E-state index in [1.54, 1.807) is 0 Å². The molecule has 0 aromatic rings. The third-order valence-corrected chi connectivity index (χ3v) is 2.04. The maximum atomic E-state index is 11.6. The van der Waals surface area contributed by atoms with Gasteiger partial charge in [-0.1, -0.05) is 0 Å². The highest BCUT2D eigenvalue weighted by Crippen LogP contribution is 2.06. The smallest absolute Gasteiger partial charge is 0.317 e. The average molecular weight is 186 g/mol. The van der Waals surface area contributed by atoms with E-state index in [9.17, 15) is 4.79 Å². The summed E-state index contributed by atoms with van der Waals surface area (Å²) in [4.78, 5) is 13.4. The minimum atomic E-state index is 0.0193. The van der Waals surface area contributed by atoms with Gasteiger partial charge in [0.15, 0.2) is 0 Å². The minimum absolute atomic E-state index is 0.0193. The van der Waals surface area contributed by atoms with Crippen LogP contribution in [0.1, 0.15) is 20.8 Å². The molecule has 1 aliphatic heterocycles. The Kier molecular flexibility index (Phi) is 3.54. The molecule has 2 amide bonds. The number of nitrogens with one attached hydrogen (secondary N) is 1. The lowest BCUT2D eigenvalue weighted by molar-refractivity contribution is 0.0186. The molecule has 1 rings (SSSR count). The average Bonchev–Trinajstić information content (AvgIpc) is 2.03. The van der Waals surface area contributed by atoms with Crippen LogP contribution in [-0.4, -0.2) is 42.8 Å². The van der Waals surface area contributed by atoms with E-state index in [0.29, 0.717) is 19.8 Å². The van der Waals surface area contributed by atoms with Crippen LogP contribution in [0.3, 0.4) is 0 Å². The van der Waals surface area contributed by atoms with Crippen LogP contribution < -0.4 is 5.32 Å². The van der Waals surface area contributed by atoms with Crippen molar-refractivity contribution in [3.8, 4) is 0 Å². The highest BCUT2D eigenvalue weighted by Gasteiger charge is 2.23. The third-order valence-electron chi connectivity index (χ3n) is 2.04. The van der Waals surface area contributed by atoms with Crippen LogP contribution in [0.5, 0.6) is 0 Å². The summed E-state index contributed by atoms with van der Waals surface area (Å²) in [5, 5.41) is 2.87. The molecule has 13 heavy (non-hydrogen) atoms. The Labute approximate surface area is 79.2 Å². The lowest BCUT2D eigenvalue weighted by Crippen LogP contribution is -2.52. The molecule has 0 aliphatic carbocycles. The van der Waals surface area contributed by atoms with Gasteiger partial charge in [0.2, 0.25) is 0 Å². The monoisotopic (exact) mass is 186 g/mol.